The van der Waals surface area contributed by atoms with E-state index in [1.807, 2.05) is 41.8 Å². The summed E-state index contributed by atoms with van der Waals surface area (Å²) in [4.78, 5) is 7.32. The molecule has 0 spiro atoms. The molecule has 0 aliphatic rings. The van der Waals surface area contributed by atoms with Crippen molar-refractivity contribution in [1.82, 2.24) is 9.97 Å². The molecule has 0 fully saturated rings. The Kier molecular flexibility index (Phi) is 18.4. The molecule has 3 rings (SSSR count). The second-order valence-electron chi connectivity index (χ2n) is 2.65. The third kappa shape index (κ3) is 15.1. The Morgan fingerprint density at radius 1 is 0.737 bits per heavy atom. The van der Waals surface area contributed by atoms with Crippen LogP contribution in [-0.4, -0.2) is 9.97 Å². The second kappa shape index (κ2) is 17.1. The van der Waals surface area contributed by atoms with E-state index in [1.54, 1.807) is 35.9 Å². The van der Waals surface area contributed by atoms with Gasteiger partial charge in [-0.05, 0) is 0 Å². The van der Waals surface area contributed by atoms with Gasteiger partial charge in [-0.15, -0.1) is 5.38 Å². The molecule has 0 unspecified atom stereocenters. The van der Waals surface area contributed by atoms with E-state index in [-0.39, 0.29) is 35.9 Å². The molecular weight excluding hydrogens is 299 g/mol. The molecule has 0 aliphatic carbocycles. The topological polar surface area (TPSA) is 25.8 Å². The maximum absolute atomic E-state index is 3.66. The summed E-state index contributed by atoms with van der Waals surface area (Å²) in [6.07, 6.45) is 8.67. The van der Waals surface area contributed by atoms with Crippen LogP contribution in [-0.2, 0) is 17.1 Å². The first kappa shape index (κ1) is 20.4. The second-order valence-corrected chi connectivity index (χ2v) is 3.39. The molecule has 3 heterocycles. The van der Waals surface area contributed by atoms with Gasteiger partial charge in [-0.25, -0.2) is 6.07 Å². The monoisotopic (exact) mass is 309 g/mol. The minimum Gasteiger partial charge on any atom is -0.394 e. The van der Waals surface area contributed by atoms with Crippen molar-refractivity contribution in [3.63, 3.8) is 0 Å². The minimum absolute atomic E-state index is 0. The molecule has 0 atom stereocenters. The van der Waals surface area contributed by atoms with Crippen molar-refractivity contribution in [3.05, 3.63) is 84.1 Å². The summed E-state index contributed by atoms with van der Waals surface area (Å²) < 4.78 is 0. The zero-order valence-electron chi connectivity index (χ0n) is 10.5. The fourth-order valence-corrected chi connectivity index (χ4v) is 1.14. The number of nitrogens with zero attached hydrogens (tertiary/aromatic N) is 2. The minimum atomic E-state index is 0. The van der Waals surface area contributed by atoms with Crippen LogP contribution >= 0.6 is 11.3 Å². The van der Waals surface area contributed by atoms with Crippen LogP contribution in [0.1, 0.15) is 0 Å². The molecule has 19 heavy (non-hydrogen) atoms. The van der Waals surface area contributed by atoms with Crippen LogP contribution in [0.3, 0.4) is 0 Å². The van der Waals surface area contributed by atoms with Crippen molar-refractivity contribution in [2.45, 2.75) is 0 Å². The van der Waals surface area contributed by atoms with Crippen molar-refractivity contribution >= 4 is 11.3 Å². The van der Waals surface area contributed by atoms with Crippen molar-refractivity contribution in [2.24, 2.45) is 0 Å². The van der Waals surface area contributed by atoms with Crippen LogP contribution in [0.5, 0.6) is 0 Å². The van der Waals surface area contributed by atoms with Gasteiger partial charge in [-0.1, -0.05) is 24.8 Å². The van der Waals surface area contributed by atoms with Crippen LogP contribution in [0.25, 0.3) is 0 Å². The molecule has 5 heteroatoms. The summed E-state index contributed by atoms with van der Waals surface area (Å²) in [5.74, 6) is 0. The molecule has 0 N–H and O–H groups in total. The smallest absolute Gasteiger partial charge is 0.394 e. The molecule has 0 saturated heterocycles. The zero-order valence-corrected chi connectivity index (χ0v) is 12.2. The molecule has 3 aromatic rings. The normalized spacial score (nSPS) is 7.16. The van der Waals surface area contributed by atoms with E-state index in [2.05, 4.69) is 27.7 Å². The third-order valence-electron chi connectivity index (χ3n) is 1.41. The molecule has 2 nitrogen and oxygen atoms in total. The number of hydrogen-bond acceptors (Lipinski definition) is 3. The Hall–Kier alpha value is -0.883. The van der Waals surface area contributed by atoms with E-state index in [1.165, 1.54) is 0 Å². The first-order valence-corrected chi connectivity index (χ1v) is 5.82. The average molecular weight is 310 g/mol. The van der Waals surface area contributed by atoms with Crippen molar-refractivity contribution in [1.29, 1.82) is 0 Å². The van der Waals surface area contributed by atoms with Crippen molar-refractivity contribution < 1.29 is 35.9 Å². The summed E-state index contributed by atoms with van der Waals surface area (Å²) in [6.45, 7) is 0. The van der Waals surface area contributed by atoms with Gasteiger partial charge in [0, 0.05) is 0 Å². The Labute approximate surface area is 141 Å². The summed E-state index contributed by atoms with van der Waals surface area (Å²) >= 11 is 1.59. The van der Waals surface area contributed by atoms with E-state index in [4.69, 9.17) is 0 Å². The summed E-state index contributed by atoms with van der Waals surface area (Å²) in [5, 5.41) is 4.89. The SMILES string of the molecule is [Cu+2].[Li+].[c-]1ccccn1.[c-]1ccccn1.[c-]1cccs1. The van der Waals surface area contributed by atoms with E-state index >= 15 is 0 Å². The first-order chi connectivity index (χ1) is 8.50. The van der Waals surface area contributed by atoms with Crippen LogP contribution in [0.4, 0.5) is 0 Å². The van der Waals surface area contributed by atoms with Crippen LogP contribution < -0.4 is 18.9 Å². The summed E-state index contributed by atoms with van der Waals surface area (Å²) in [7, 11) is 0. The standard InChI is InChI=1S/2C5H4N.C4H3S.Cu.Li/c2*1-2-4-6-5-3-1;1-2-4-5-3-1;;/h2*1-4H;1-3H;;/q3*-1;+2;+1. The van der Waals surface area contributed by atoms with Gasteiger partial charge < -0.3 is 21.3 Å². The molecule has 95 valence electrons. The molecule has 0 aromatic carbocycles. The van der Waals surface area contributed by atoms with Crippen LogP contribution in [0.15, 0.2) is 66.3 Å². The van der Waals surface area contributed by atoms with Gasteiger partial charge in [0.15, 0.2) is 0 Å². The van der Waals surface area contributed by atoms with E-state index in [0.717, 1.165) is 0 Å². The predicted molar refractivity (Wildman–Crippen MR) is 69.3 cm³/mol. The Bertz CT molecular complexity index is 335. The number of pyridine rings is 2. The van der Waals surface area contributed by atoms with Crippen LogP contribution in [0, 0.1) is 17.8 Å². The first-order valence-electron chi connectivity index (χ1n) is 4.94. The average Bonchev–Trinajstić information content (AvgIpc) is 3.03. The van der Waals surface area contributed by atoms with Crippen molar-refractivity contribution in [3.8, 4) is 0 Å². The summed E-state index contributed by atoms with van der Waals surface area (Å²) in [6, 6.07) is 14.9. The van der Waals surface area contributed by atoms with E-state index in [0.29, 0.717) is 0 Å². The largest absolute Gasteiger partial charge is 2.00 e. The molecule has 0 amide bonds. The Morgan fingerprint density at radius 2 is 1.32 bits per heavy atom. The van der Waals surface area contributed by atoms with Gasteiger partial charge >= 0.3 is 35.9 Å². The van der Waals surface area contributed by atoms with Gasteiger partial charge in [0.05, 0.1) is 0 Å². The van der Waals surface area contributed by atoms with Gasteiger partial charge in [0.25, 0.3) is 0 Å². The number of aromatic nitrogens is 2. The van der Waals surface area contributed by atoms with Gasteiger partial charge in [-0.2, -0.15) is 47.8 Å². The fourth-order valence-electron chi connectivity index (χ4n) is 0.751. The Balaban J connectivity index is 0. The molecule has 0 saturated carbocycles. The van der Waals surface area contributed by atoms with Gasteiger partial charge in [-0.3, -0.25) is 0 Å². The number of thiophene rings is 1. The predicted octanol–water partition coefficient (Wildman–Crippen LogP) is 0.313. The molecule has 0 aliphatic heterocycles. The van der Waals surface area contributed by atoms with Gasteiger partial charge in [0.1, 0.15) is 0 Å². The van der Waals surface area contributed by atoms with Crippen molar-refractivity contribution in [2.75, 3.05) is 0 Å². The maximum atomic E-state index is 3.66. The van der Waals surface area contributed by atoms with E-state index in [9.17, 15) is 0 Å². The number of rotatable bonds is 0. The molecule has 0 bridgehead atoms. The molecular formula is C14H11CuLiN2S. The van der Waals surface area contributed by atoms with Gasteiger partial charge in [0.2, 0.25) is 0 Å². The van der Waals surface area contributed by atoms with Crippen LogP contribution in [0.2, 0.25) is 0 Å². The quantitative estimate of drug-likeness (QED) is 0.441. The fraction of sp³-hybridized carbons (Fsp3) is 0. The number of hydrogen-bond donors (Lipinski definition) is 0. The zero-order chi connectivity index (χ0) is 12.0. The maximum Gasteiger partial charge on any atom is 2.00 e. The summed E-state index contributed by atoms with van der Waals surface area (Å²) in [5.41, 5.74) is 0. The third-order valence-corrected chi connectivity index (χ3v) is 1.98. The molecule has 1 radical (unpaired) electrons. The van der Waals surface area contributed by atoms with E-state index < -0.39 is 0 Å². The molecule has 3 aromatic heterocycles. The Morgan fingerprint density at radius 3 is 1.42 bits per heavy atom.